The molecule has 1 fully saturated rings. The number of likely N-dealkylation sites (N-methyl/N-ethyl adjacent to an activating group) is 1. The summed E-state index contributed by atoms with van der Waals surface area (Å²) in [6, 6.07) is 10.2. The molecule has 1 unspecified atom stereocenters. The van der Waals surface area contributed by atoms with Crippen LogP contribution in [-0.4, -0.2) is 42.5 Å². The first-order chi connectivity index (χ1) is 9.70. The van der Waals surface area contributed by atoms with E-state index in [4.69, 9.17) is 5.73 Å². The number of carbonyl (C=O) groups excluding carboxylic acids is 1. The van der Waals surface area contributed by atoms with Crippen molar-refractivity contribution >= 4 is 5.91 Å². The molecule has 1 atom stereocenters. The Morgan fingerprint density at radius 2 is 2.10 bits per heavy atom. The first-order valence-electron chi connectivity index (χ1n) is 7.52. The molecule has 1 aromatic rings. The molecule has 4 nitrogen and oxygen atoms in total. The molecule has 1 amide bonds. The number of benzene rings is 1. The second kappa shape index (κ2) is 7.41. The summed E-state index contributed by atoms with van der Waals surface area (Å²) in [5.74, 6) is -0.0549. The molecule has 1 aliphatic carbocycles. The van der Waals surface area contributed by atoms with Crippen LogP contribution in [0.2, 0.25) is 0 Å². The van der Waals surface area contributed by atoms with Gasteiger partial charge in [-0.1, -0.05) is 37.3 Å². The van der Waals surface area contributed by atoms with Gasteiger partial charge >= 0.3 is 0 Å². The predicted octanol–water partition coefficient (Wildman–Crippen LogP) is 1.16. The van der Waals surface area contributed by atoms with Gasteiger partial charge in [-0.25, -0.2) is 0 Å². The number of rotatable bonds is 8. The smallest absolute Gasteiger partial charge is 0.237 e. The molecule has 3 N–H and O–H groups in total. The van der Waals surface area contributed by atoms with E-state index in [1.165, 1.54) is 12.8 Å². The minimum atomic E-state index is -0.464. The van der Waals surface area contributed by atoms with Gasteiger partial charge in [0, 0.05) is 19.1 Å². The molecule has 110 valence electrons. The summed E-state index contributed by atoms with van der Waals surface area (Å²) in [6.07, 6.45) is 3.19. The monoisotopic (exact) mass is 275 g/mol. The number of nitrogens with one attached hydrogen (secondary N) is 1. The topological polar surface area (TPSA) is 58.4 Å². The lowest BCUT2D eigenvalue weighted by molar-refractivity contribution is -0.122. The molecule has 0 bridgehead atoms. The van der Waals surface area contributed by atoms with E-state index in [0.29, 0.717) is 13.0 Å². The summed E-state index contributed by atoms with van der Waals surface area (Å²) < 4.78 is 0. The molecule has 0 radical (unpaired) electrons. The Kier molecular flexibility index (Phi) is 5.56. The molecule has 4 heteroatoms. The van der Waals surface area contributed by atoms with Gasteiger partial charge in [0.05, 0.1) is 6.04 Å². The fraction of sp³-hybridized carbons (Fsp3) is 0.562. The number of nitrogens with two attached hydrogens (primary N) is 1. The van der Waals surface area contributed by atoms with Crippen LogP contribution in [0.4, 0.5) is 0 Å². The Hall–Kier alpha value is -1.39. The van der Waals surface area contributed by atoms with Crippen LogP contribution in [0.1, 0.15) is 25.3 Å². The van der Waals surface area contributed by atoms with Crippen LogP contribution in [0.3, 0.4) is 0 Å². The summed E-state index contributed by atoms with van der Waals surface area (Å²) in [5, 5.41) is 2.94. The van der Waals surface area contributed by atoms with Crippen LogP contribution < -0.4 is 11.1 Å². The minimum Gasteiger partial charge on any atom is -0.353 e. The zero-order valence-electron chi connectivity index (χ0n) is 12.2. The molecular formula is C16H25N3O. The summed E-state index contributed by atoms with van der Waals surface area (Å²) in [4.78, 5) is 14.4. The van der Waals surface area contributed by atoms with Crippen LogP contribution >= 0.6 is 0 Å². The minimum absolute atomic E-state index is 0.0549. The molecule has 1 aliphatic rings. The molecule has 1 aromatic carbocycles. The zero-order chi connectivity index (χ0) is 14.4. The Balaban J connectivity index is 1.68. The van der Waals surface area contributed by atoms with Crippen molar-refractivity contribution in [2.45, 2.75) is 38.3 Å². The van der Waals surface area contributed by atoms with E-state index in [0.717, 1.165) is 24.7 Å². The van der Waals surface area contributed by atoms with Gasteiger partial charge in [0.15, 0.2) is 0 Å². The van der Waals surface area contributed by atoms with Gasteiger partial charge in [0.2, 0.25) is 5.91 Å². The van der Waals surface area contributed by atoms with E-state index >= 15 is 0 Å². The molecule has 0 spiro atoms. The van der Waals surface area contributed by atoms with E-state index in [1.54, 1.807) is 0 Å². The number of hydrogen-bond donors (Lipinski definition) is 2. The third-order valence-electron chi connectivity index (χ3n) is 3.80. The van der Waals surface area contributed by atoms with Gasteiger partial charge < -0.3 is 11.1 Å². The average Bonchev–Trinajstić information content (AvgIpc) is 3.29. The number of amides is 1. The Morgan fingerprint density at radius 3 is 2.70 bits per heavy atom. The predicted molar refractivity (Wildman–Crippen MR) is 81.4 cm³/mol. The highest BCUT2D eigenvalue weighted by Gasteiger charge is 2.27. The van der Waals surface area contributed by atoms with Gasteiger partial charge in [-0.3, -0.25) is 9.69 Å². The summed E-state index contributed by atoms with van der Waals surface area (Å²) in [5.41, 5.74) is 7.05. The summed E-state index contributed by atoms with van der Waals surface area (Å²) >= 11 is 0. The van der Waals surface area contributed by atoms with E-state index in [2.05, 4.69) is 17.1 Å². The van der Waals surface area contributed by atoms with E-state index in [9.17, 15) is 4.79 Å². The summed E-state index contributed by atoms with van der Waals surface area (Å²) in [7, 11) is 0. The lowest BCUT2D eigenvalue weighted by Gasteiger charge is -2.20. The molecule has 20 heavy (non-hydrogen) atoms. The summed E-state index contributed by atoms with van der Waals surface area (Å²) in [6.45, 7) is 4.83. The number of carbonyl (C=O) groups is 1. The van der Waals surface area contributed by atoms with Gasteiger partial charge in [-0.2, -0.15) is 0 Å². The van der Waals surface area contributed by atoms with Gasteiger partial charge in [0.25, 0.3) is 0 Å². The SMILES string of the molecule is CCN(CCNC(=O)C(N)Cc1ccccc1)C1CC1. The lowest BCUT2D eigenvalue weighted by atomic mass is 10.1. The highest BCUT2D eigenvalue weighted by molar-refractivity contribution is 5.81. The van der Waals surface area contributed by atoms with Crippen molar-refractivity contribution in [1.82, 2.24) is 10.2 Å². The molecular weight excluding hydrogens is 250 g/mol. The maximum atomic E-state index is 11.9. The highest BCUT2D eigenvalue weighted by atomic mass is 16.2. The molecule has 0 saturated heterocycles. The second-order valence-electron chi connectivity index (χ2n) is 5.45. The Morgan fingerprint density at radius 1 is 1.40 bits per heavy atom. The largest absolute Gasteiger partial charge is 0.353 e. The number of hydrogen-bond acceptors (Lipinski definition) is 3. The Bertz CT molecular complexity index is 417. The van der Waals surface area contributed by atoms with Crippen LogP contribution in [0.5, 0.6) is 0 Å². The lowest BCUT2D eigenvalue weighted by Crippen LogP contribution is -2.45. The van der Waals surface area contributed by atoms with Crippen molar-refractivity contribution in [3.63, 3.8) is 0 Å². The van der Waals surface area contributed by atoms with Gasteiger partial charge in [0.1, 0.15) is 0 Å². The zero-order valence-corrected chi connectivity index (χ0v) is 12.2. The van der Waals surface area contributed by atoms with Crippen molar-refractivity contribution in [3.8, 4) is 0 Å². The molecule has 1 saturated carbocycles. The highest BCUT2D eigenvalue weighted by Crippen LogP contribution is 2.25. The van der Waals surface area contributed by atoms with Crippen molar-refractivity contribution in [2.75, 3.05) is 19.6 Å². The average molecular weight is 275 g/mol. The molecule has 0 heterocycles. The van der Waals surface area contributed by atoms with E-state index in [-0.39, 0.29) is 5.91 Å². The first-order valence-corrected chi connectivity index (χ1v) is 7.52. The van der Waals surface area contributed by atoms with Crippen LogP contribution in [0, 0.1) is 0 Å². The van der Waals surface area contributed by atoms with Crippen molar-refractivity contribution in [3.05, 3.63) is 35.9 Å². The standard InChI is InChI=1S/C16H25N3O/c1-2-19(14-8-9-14)11-10-18-16(20)15(17)12-13-6-4-3-5-7-13/h3-7,14-15H,2,8-12,17H2,1H3,(H,18,20). The van der Waals surface area contributed by atoms with E-state index < -0.39 is 6.04 Å². The van der Waals surface area contributed by atoms with Crippen LogP contribution in [-0.2, 0) is 11.2 Å². The number of nitrogens with zero attached hydrogens (tertiary/aromatic N) is 1. The van der Waals surface area contributed by atoms with Crippen LogP contribution in [0.15, 0.2) is 30.3 Å². The van der Waals surface area contributed by atoms with Crippen molar-refractivity contribution in [2.24, 2.45) is 5.73 Å². The van der Waals surface area contributed by atoms with E-state index in [1.807, 2.05) is 30.3 Å². The molecule has 0 aromatic heterocycles. The Labute approximate surface area is 121 Å². The van der Waals surface area contributed by atoms with Gasteiger partial charge in [-0.15, -0.1) is 0 Å². The van der Waals surface area contributed by atoms with Crippen LogP contribution in [0.25, 0.3) is 0 Å². The second-order valence-corrected chi connectivity index (χ2v) is 5.45. The van der Waals surface area contributed by atoms with Crippen molar-refractivity contribution < 1.29 is 4.79 Å². The van der Waals surface area contributed by atoms with Gasteiger partial charge in [-0.05, 0) is 31.4 Å². The third kappa shape index (κ3) is 4.62. The fourth-order valence-corrected chi connectivity index (χ4v) is 2.45. The quantitative estimate of drug-likeness (QED) is 0.748. The first kappa shape index (κ1) is 15.0. The maximum absolute atomic E-state index is 11.9. The maximum Gasteiger partial charge on any atom is 0.237 e. The van der Waals surface area contributed by atoms with Crippen molar-refractivity contribution in [1.29, 1.82) is 0 Å². The molecule has 2 rings (SSSR count). The molecule has 0 aliphatic heterocycles. The normalized spacial score (nSPS) is 16.1. The fourth-order valence-electron chi connectivity index (χ4n) is 2.45. The third-order valence-corrected chi connectivity index (χ3v) is 3.80.